The van der Waals surface area contributed by atoms with Crippen molar-refractivity contribution < 1.29 is 4.39 Å². The van der Waals surface area contributed by atoms with E-state index < -0.39 is 5.82 Å². The van der Waals surface area contributed by atoms with Crippen molar-refractivity contribution in [1.29, 1.82) is 0 Å². The molecule has 0 fully saturated rings. The van der Waals surface area contributed by atoms with E-state index >= 15 is 0 Å². The standard InChI is InChI=1S/C7H7ClFNS.C4H10/c8-6-3-5(4-10-11)1-2-7(6)9;1-4(2)3/h1-3,10-11H,4H2;4H,1-3H3. The molecule has 0 aliphatic heterocycles. The molecule has 0 aliphatic rings. The molecule has 0 unspecified atom stereocenters. The molecule has 0 atom stereocenters. The van der Waals surface area contributed by atoms with Crippen LogP contribution in [0.4, 0.5) is 4.39 Å². The predicted octanol–water partition coefficient (Wildman–Crippen LogP) is 4.08. The molecule has 0 spiro atoms. The van der Waals surface area contributed by atoms with E-state index in [1.54, 1.807) is 12.1 Å². The molecule has 15 heavy (non-hydrogen) atoms. The molecule has 0 heterocycles. The SMILES string of the molecule is CC(C)C.Fc1ccc(CNS)cc1Cl. The molecule has 0 saturated heterocycles. The van der Waals surface area contributed by atoms with Gasteiger partial charge in [-0.25, -0.2) is 4.39 Å². The van der Waals surface area contributed by atoms with Gasteiger partial charge in [0.15, 0.2) is 0 Å². The van der Waals surface area contributed by atoms with Gasteiger partial charge in [0.05, 0.1) is 5.02 Å². The lowest BCUT2D eigenvalue weighted by Gasteiger charge is -1.99. The Labute approximate surface area is 102 Å². The van der Waals surface area contributed by atoms with Crippen molar-refractivity contribution in [3.05, 3.63) is 34.6 Å². The van der Waals surface area contributed by atoms with E-state index in [-0.39, 0.29) is 5.02 Å². The van der Waals surface area contributed by atoms with Crippen LogP contribution in [0, 0.1) is 11.7 Å². The molecule has 0 bridgehead atoms. The number of rotatable bonds is 2. The van der Waals surface area contributed by atoms with E-state index in [1.165, 1.54) is 6.07 Å². The monoisotopic (exact) mass is 249 g/mol. The van der Waals surface area contributed by atoms with E-state index in [0.29, 0.717) is 6.54 Å². The molecular weight excluding hydrogens is 233 g/mol. The van der Waals surface area contributed by atoms with Crippen molar-refractivity contribution in [3.63, 3.8) is 0 Å². The Morgan fingerprint density at radius 1 is 1.40 bits per heavy atom. The molecule has 0 aromatic heterocycles. The van der Waals surface area contributed by atoms with Gasteiger partial charge in [-0.05, 0) is 23.6 Å². The topological polar surface area (TPSA) is 12.0 Å². The fourth-order valence-corrected chi connectivity index (χ4v) is 1.13. The Hall–Kier alpha value is -0.250. The van der Waals surface area contributed by atoms with Crippen LogP contribution in [0.3, 0.4) is 0 Å². The van der Waals surface area contributed by atoms with Crippen LogP contribution in [-0.2, 0) is 6.54 Å². The van der Waals surface area contributed by atoms with E-state index in [9.17, 15) is 4.39 Å². The number of hydrogen-bond acceptors (Lipinski definition) is 2. The summed E-state index contributed by atoms with van der Waals surface area (Å²) in [6.07, 6.45) is 0. The lowest BCUT2D eigenvalue weighted by molar-refractivity contribution is 0.627. The highest BCUT2D eigenvalue weighted by Gasteiger charge is 1.98. The Morgan fingerprint density at radius 2 is 1.93 bits per heavy atom. The largest absolute Gasteiger partial charge is 0.262 e. The highest BCUT2D eigenvalue weighted by molar-refractivity contribution is 7.78. The second kappa shape index (κ2) is 7.97. The van der Waals surface area contributed by atoms with Gasteiger partial charge >= 0.3 is 0 Å². The normalized spacial score (nSPS) is 9.80. The lowest BCUT2D eigenvalue weighted by atomic mass is 10.2. The quantitative estimate of drug-likeness (QED) is 0.753. The maximum Gasteiger partial charge on any atom is 0.141 e. The molecule has 86 valence electrons. The summed E-state index contributed by atoms with van der Waals surface area (Å²) in [5, 5.41) is 0.145. The summed E-state index contributed by atoms with van der Waals surface area (Å²) in [5.41, 5.74) is 0.909. The van der Waals surface area contributed by atoms with Gasteiger partial charge in [0.2, 0.25) is 0 Å². The molecule has 4 heteroatoms. The van der Waals surface area contributed by atoms with Crippen molar-refractivity contribution in [3.8, 4) is 0 Å². The van der Waals surface area contributed by atoms with Crippen LogP contribution in [0.15, 0.2) is 18.2 Å². The number of halogens is 2. The van der Waals surface area contributed by atoms with Crippen LogP contribution < -0.4 is 4.72 Å². The fourth-order valence-electron chi connectivity index (χ4n) is 0.741. The van der Waals surface area contributed by atoms with Crippen LogP contribution >= 0.6 is 24.4 Å². The minimum absolute atomic E-state index is 0.145. The molecule has 1 N–H and O–H groups in total. The average Bonchev–Trinajstić information content (AvgIpc) is 2.11. The summed E-state index contributed by atoms with van der Waals surface area (Å²) in [7, 11) is 0. The van der Waals surface area contributed by atoms with Gasteiger partial charge in [0.25, 0.3) is 0 Å². The summed E-state index contributed by atoms with van der Waals surface area (Å²) >= 11 is 9.33. The minimum Gasteiger partial charge on any atom is -0.262 e. The smallest absolute Gasteiger partial charge is 0.141 e. The number of thiol groups is 1. The highest BCUT2D eigenvalue weighted by Crippen LogP contribution is 2.15. The van der Waals surface area contributed by atoms with Gasteiger partial charge in [-0.3, -0.25) is 4.72 Å². The van der Waals surface area contributed by atoms with Crippen molar-refractivity contribution in [2.24, 2.45) is 5.92 Å². The lowest BCUT2D eigenvalue weighted by Crippen LogP contribution is -1.98. The second-order valence-corrected chi connectivity index (χ2v) is 4.54. The van der Waals surface area contributed by atoms with Crippen molar-refractivity contribution in [2.75, 3.05) is 0 Å². The van der Waals surface area contributed by atoms with Crippen LogP contribution in [0.1, 0.15) is 26.3 Å². The first-order valence-electron chi connectivity index (χ1n) is 4.78. The number of nitrogens with one attached hydrogen (secondary N) is 1. The van der Waals surface area contributed by atoms with E-state index in [0.717, 1.165) is 11.5 Å². The predicted molar refractivity (Wildman–Crippen MR) is 67.7 cm³/mol. The third-order valence-corrected chi connectivity index (χ3v) is 1.71. The minimum atomic E-state index is -0.394. The number of hydrogen-bond donors (Lipinski definition) is 2. The van der Waals surface area contributed by atoms with Crippen LogP contribution in [0.5, 0.6) is 0 Å². The zero-order valence-corrected chi connectivity index (χ0v) is 10.9. The second-order valence-electron chi connectivity index (χ2n) is 3.82. The summed E-state index contributed by atoms with van der Waals surface area (Å²) in [4.78, 5) is 0. The molecule has 1 aromatic carbocycles. The van der Waals surface area contributed by atoms with Crippen molar-refractivity contribution >= 4 is 24.4 Å². The average molecular weight is 250 g/mol. The molecule has 0 aliphatic carbocycles. The Kier molecular flexibility index (Phi) is 7.83. The van der Waals surface area contributed by atoms with Crippen molar-refractivity contribution in [1.82, 2.24) is 4.72 Å². The maximum atomic E-state index is 12.6. The molecule has 1 rings (SSSR count). The zero-order chi connectivity index (χ0) is 11.8. The summed E-state index contributed by atoms with van der Waals surface area (Å²) < 4.78 is 15.2. The summed E-state index contributed by atoms with van der Waals surface area (Å²) in [6, 6.07) is 4.56. The van der Waals surface area contributed by atoms with E-state index in [4.69, 9.17) is 11.6 Å². The molecule has 0 amide bonds. The van der Waals surface area contributed by atoms with Crippen LogP contribution in [-0.4, -0.2) is 0 Å². The highest BCUT2D eigenvalue weighted by atomic mass is 35.5. The van der Waals surface area contributed by atoms with Gasteiger partial charge in [-0.2, -0.15) is 0 Å². The Balaban J connectivity index is 0.000000423. The van der Waals surface area contributed by atoms with Gasteiger partial charge in [0.1, 0.15) is 5.82 Å². The zero-order valence-electron chi connectivity index (χ0n) is 9.22. The first kappa shape index (κ1) is 14.8. The molecular formula is C11H17ClFNS. The Morgan fingerprint density at radius 3 is 2.33 bits per heavy atom. The Bertz CT molecular complexity index is 289. The van der Waals surface area contributed by atoms with Gasteiger partial charge in [-0.15, -0.1) is 0 Å². The molecule has 0 radical (unpaired) electrons. The van der Waals surface area contributed by atoms with Crippen LogP contribution in [0.25, 0.3) is 0 Å². The molecule has 1 aromatic rings. The molecule has 0 saturated carbocycles. The summed E-state index contributed by atoms with van der Waals surface area (Å²) in [6.45, 7) is 7.07. The van der Waals surface area contributed by atoms with Gasteiger partial charge in [-0.1, -0.05) is 51.3 Å². The van der Waals surface area contributed by atoms with Crippen LogP contribution in [0.2, 0.25) is 5.02 Å². The third-order valence-electron chi connectivity index (χ3n) is 1.27. The van der Waals surface area contributed by atoms with E-state index in [1.807, 2.05) is 0 Å². The van der Waals surface area contributed by atoms with Crippen molar-refractivity contribution in [2.45, 2.75) is 27.3 Å². The first-order valence-corrected chi connectivity index (χ1v) is 5.60. The maximum absolute atomic E-state index is 12.6. The van der Waals surface area contributed by atoms with E-state index in [2.05, 4.69) is 38.3 Å². The fraction of sp³-hybridized carbons (Fsp3) is 0.455. The van der Waals surface area contributed by atoms with Gasteiger partial charge < -0.3 is 0 Å². The van der Waals surface area contributed by atoms with Gasteiger partial charge in [0, 0.05) is 6.54 Å². The first-order chi connectivity index (χ1) is 6.97. The number of benzene rings is 1. The molecule has 1 nitrogen and oxygen atoms in total. The summed E-state index contributed by atoms with van der Waals surface area (Å²) in [5.74, 6) is 0.439. The third kappa shape index (κ3) is 7.65.